The summed E-state index contributed by atoms with van der Waals surface area (Å²) in [7, 11) is -3.06. The Morgan fingerprint density at radius 2 is 1.24 bits per heavy atom. The van der Waals surface area contributed by atoms with E-state index in [-0.39, 0.29) is 0 Å². The van der Waals surface area contributed by atoms with E-state index in [2.05, 4.69) is 40.3 Å². The largest absolute Gasteiger partial charge is 0.309 e. The molecule has 0 saturated heterocycles. The predicted octanol–water partition coefficient (Wildman–Crippen LogP) is 6.09. The smallest absolute Gasteiger partial charge is 0.171 e. The lowest BCUT2D eigenvalue weighted by atomic mass is 10.1. The third-order valence-electron chi connectivity index (χ3n) is 6.26. The molecule has 1 atom stereocenters. The van der Waals surface area contributed by atoms with Gasteiger partial charge in [0.25, 0.3) is 0 Å². The first-order chi connectivity index (χ1) is 16.7. The van der Waals surface area contributed by atoms with Crippen LogP contribution in [0.1, 0.15) is 0 Å². The van der Waals surface area contributed by atoms with Gasteiger partial charge in [0.05, 0.1) is 5.52 Å². The summed E-state index contributed by atoms with van der Waals surface area (Å²) in [6, 6.07) is 36.1. The molecule has 0 spiro atoms. The molecular formula is C30H21N2OP. The van der Waals surface area contributed by atoms with E-state index in [0.29, 0.717) is 0 Å². The highest BCUT2D eigenvalue weighted by Crippen LogP contribution is 2.43. The Labute approximate surface area is 198 Å². The number of hydrogen-bond donors (Lipinski definition) is 0. The molecule has 162 valence electrons. The Hall–Kier alpha value is -4.07. The van der Waals surface area contributed by atoms with Gasteiger partial charge < -0.3 is 4.57 Å². The SMILES string of the molecule is O=P(c1ccccc1)(c1ccc(-c2cnc3ccncc3c2)cc1)c1ccc2ccccc2c1. The normalized spacial score (nSPS) is 13.1. The lowest BCUT2D eigenvalue weighted by molar-refractivity contribution is 0.592. The third-order valence-corrected chi connectivity index (χ3v) is 9.32. The second-order valence-corrected chi connectivity index (χ2v) is 11.1. The molecule has 0 aliphatic carbocycles. The van der Waals surface area contributed by atoms with Crippen LogP contribution < -0.4 is 15.9 Å². The van der Waals surface area contributed by atoms with Gasteiger partial charge in [-0.25, -0.2) is 0 Å². The van der Waals surface area contributed by atoms with Gasteiger partial charge in [0.1, 0.15) is 0 Å². The van der Waals surface area contributed by atoms with Crippen molar-refractivity contribution in [1.29, 1.82) is 0 Å². The summed E-state index contributed by atoms with van der Waals surface area (Å²) >= 11 is 0. The first kappa shape index (κ1) is 20.5. The van der Waals surface area contributed by atoms with E-state index in [0.717, 1.165) is 48.7 Å². The second kappa shape index (κ2) is 8.37. The minimum absolute atomic E-state index is 0.813. The molecule has 0 bridgehead atoms. The molecule has 0 aliphatic rings. The van der Waals surface area contributed by atoms with Gasteiger partial charge in [0.2, 0.25) is 0 Å². The van der Waals surface area contributed by atoms with Crippen LogP contribution in [-0.2, 0) is 4.57 Å². The molecule has 0 aliphatic heterocycles. The summed E-state index contributed by atoms with van der Waals surface area (Å²) in [5.74, 6) is 0. The highest BCUT2D eigenvalue weighted by molar-refractivity contribution is 7.85. The van der Waals surface area contributed by atoms with Crippen LogP contribution in [0.3, 0.4) is 0 Å². The van der Waals surface area contributed by atoms with Crippen molar-refractivity contribution in [3.8, 4) is 11.1 Å². The molecule has 34 heavy (non-hydrogen) atoms. The van der Waals surface area contributed by atoms with Crippen LogP contribution in [-0.4, -0.2) is 9.97 Å². The first-order valence-electron chi connectivity index (χ1n) is 11.2. The first-order valence-corrected chi connectivity index (χ1v) is 12.9. The van der Waals surface area contributed by atoms with Gasteiger partial charge in [-0.15, -0.1) is 0 Å². The molecule has 2 heterocycles. The van der Waals surface area contributed by atoms with Crippen LogP contribution in [0.4, 0.5) is 0 Å². The van der Waals surface area contributed by atoms with E-state index in [4.69, 9.17) is 0 Å². The molecule has 1 unspecified atom stereocenters. The summed E-state index contributed by atoms with van der Waals surface area (Å²) in [6.07, 6.45) is 5.44. The van der Waals surface area contributed by atoms with Crippen molar-refractivity contribution < 1.29 is 4.57 Å². The van der Waals surface area contributed by atoms with Crippen molar-refractivity contribution in [3.05, 3.63) is 128 Å². The van der Waals surface area contributed by atoms with Gasteiger partial charge in [-0.2, -0.15) is 0 Å². The minimum atomic E-state index is -3.06. The number of nitrogens with zero attached hydrogens (tertiary/aromatic N) is 2. The molecule has 3 nitrogen and oxygen atoms in total. The maximum absolute atomic E-state index is 14.9. The van der Waals surface area contributed by atoms with Crippen LogP contribution in [0.2, 0.25) is 0 Å². The van der Waals surface area contributed by atoms with Gasteiger partial charge in [-0.1, -0.05) is 91.0 Å². The van der Waals surface area contributed by atoms with Gasteiger partial charge in [0.15, 0.2) is 7.14 Å². The lowest BCUT2D eigenvalue weighted by Gasteiger charge is -2.21. The van der Waals surface area contributed by atoms with Crippen molar-refractivity contribution >= 4 is 44.7 Å². The Bertz CT molecular complexity index is 1680. The molecule has 4 heteroatoms. The highest BCUT2D eigenvalue weighted by atomic mass is 31.2. The third kappa shape index (κ3) is 3.51. The molecule has 6 rings (SSSR count). The number of pyridine rings is 2. The minimum Gasteiger partial charge on any atom is -0.309 e. The summed E-state index contributed by atoms with van der Waals surface area (Å²) in [5, 5.41) is 5.70. The van der Waals surface area contributed by atoms with Crippen LogP contribution in [0.25, 0.3) is 32.8 Å². The maximum Gasteiger partial charge on any atom is 0.171 e. The van der Waals surface area contributed by atoms with Crippen molar-refractivity contribution in [2.75, 3.05) is 0 Å². The van der Waals surface area contributed by atoms with Gasteiger partial charge >= 0.3 is 0 Å². The van der Waals surface area contributed by atoms with Crippen LogP contribution in [0.15, 0.2) is 128 Å². The standard InChI is InChI=1S/C30H21N2OP/c33-34(27-8-2-1-3-9-27,29-15-12-22-6-4-5-7-24(22)19-29)28-13-10-23(11-14-28)25-18-26-20-31-17-16-30(26)32-21-25/h1-21H. The second-order valence-electron chi connectivity index (χ2n) is 8.32. The van der Waals surface area contributed by atoms with E-state index in [1.165, 1.54) is 0 Å². The fourth-order valence-corrected chi connectivity index (χ4v) is 7.11. The van der Waals surface area contributed by atoms with Crippen LogP contribution >= 0.6 is 7.14 Å². The Morgan fingerprint density at radius 3 is 2.06 bits per heavy atom. The predicted molar refractivity (Wildman–Crippen MR) is 142 cm³/mol. The summed E-state index contributed by atoms with van der Waals surface area (Å²) in [4.78, 5) is 8.76. The monoisotopic (exact) mass is 456 g/mol. The Morgan fingerprint density at radius 1 is 0.529 bits per heavy atom. The molecule has 0 radical (unpaired) electrons. The average molecular weight is 456 g/mol. The maximum atomic E-state index is 14.9. The molecule has 6 aromatic rings. The Kier molecular flexibility index (Phi) is 5.05. The number of aromatic nitrogens is 2. The Balaban J connectivity index is 1.48. The highest BCUT2D eigenvalue weighted by Gasteiger charge is 2.29. The molecule has 0 amide bonds. The fraction of sp³-hybridized carbons (Fsp3) is 0. The molecule has 2 aromatic heterocycles. The number of benzene rings is 4. The number of fused-ring (bicyclic) bond motifs is 2. The van der Waals surface area contributed by atoms with Gasteiger partial charge in [0, 0.05) is 45.5 Å². The van der Waals surface area contributed by atoms with E-state index in [1.54, 1.807) is 6.20 Å². The summed E-state index contributed by atoms with van der Waals surface area (Å²) < 4.78 is 14.9. The van der Waals surface area contributed by atoms with E-state index < -0.39 is 7.14 Å². The average Bonchev–Trinajstić information content (AvgIpc) is 2.92. The van der Waals surface area contributed by atoms with Crippen LogP contribution in [0, 0.1) is 0 Å². The quantitative estimate of drug-likeness (QED) is 0.302. The van der Waals surface area contributed by atoms with Crippen molar-refractivity contribution in [1.82, 2.24) is 9.97 Å². The lowest BCUT2D eigenvalue weighted by Crippen LogP contribution is -2.25. The topological polar surface area (TPSA) is 42.9 Å². The van der Waals surface area contributed by atoms with E-state index in [1.807, 2.05) is 91.3 Å². The van der Waals surface area contributed by atoms with Crippen molar-refractivity contribution in [2.24, 2.45) is 0 Å². The molecule has 0 saturated carbocycles. The van der Waals surface area contributed by atoms with Crippen molar-refractivity contribution in [3.63, 3.8) is 0 Å². The van der Waals surface area contributed by atoms with Gasteiger partial charge in [-0.3, -0.25) is 9.97 Å². The van der Waals surface area contributed by atoms with Gasteiger partial charge in [-0.05, 0) is 34.5 Å². The summed E-state index contributed by atoms with van der Waals surface area (Å²) in [5.41, 5.74) is 2.95. The number of hydrogen-bond acceptors (Lipinski definition) is 3. The fourth-order valence-electron chi connectivity index (χ4n) is 4.45. The number of rotatable bonds is 4. The van der Waals surface area contributed by atoms with Crippen LogP contribution in [0.5, 0.6) is 0 Å². The van der Waals surface area contributed by atoms with E-state index >= 15 is 0 Å². The zero-order valence-electron chi connectivity index (χ0n) is 18.4. The zero-order chi connectivity index (χ0) is 23.0. The van der Waals surface area contributed by atoms with Crippen molar-refractivity contribution in [2.45, 2.75) is 0 Å². The molecule has 4 aromatic carbocycles. The molecular weight excluding hydrogens is 435 g/mol. The molecule has 0 N–H and O–H groups in total. The molecule has 0 fully saturated rings. The van der Waals surface area contributed by atoms with E-state index in [9.17, 15) is 4.57 Å². The summed E-state index contributed by atoms with van der Waals surface area (Å²) in [6.45, 7) is 0. The zero-order valence-corrected chi connectivity index (χ0v) is 19.3.